The summed E-state index contributed by atoms with van der Waals surface area (Å²) in [6, 6.07) is 0. The Labute approximate surface area is 70.9 Å². The van der Waals surface area contributed by atoms with E-state index in [-0.39, 0.29) is 0 Å². The van der Waals surface area contributed by atoms with Crippen molar-refractivity contribution in [3.05, 3.63) is 15.0 Å². The summed E-state index contributed by atoms with van der Waals surface area (Å²) < 4.78 is 2.28. The molecule has 0 aliphatic heterocycles. The van der Waals surface area contributed by atoms with Crippen LogP contribution in [0.3, 0.4) is 0 Å². The highest BCUT2D eigenvalue weighted by Crippen LogP contribution is 2.23. The van der Waals surface area contributed by atoms with Gasteiger partial charge in [0.05, 0.1) is 0 Å². The van der Waals surface area contributed by atoms with Gasteiger partial charge in [0.2, 0.25) is 0 Å². The molecule has 50 valence electrons. The number of aromatic nitrogens is 2. The number of hydrogen-bond donors (Lipinski definition) is 0. The Morgan fingerprint density at radius 1 is 1.56 bits per heavy atom. The van der Waals surface area contributed by atoms with Crippen LogP contribution in [0.5, 0.6) is 0 Å². The second kappa shape index (κ2) is 2.48. The zero-order valence-corrected chi connectivity index (χ0v) is 7.63. The number of nitrogens with zero attached hydrogens (tertiary/aromatic N) is 2. The maximum absolute atomic E-state index is 5.64. The molecule has 1 heterocycles. The largest absolute Gasteiger partial charge is 0.311 e. The van der Waals surface area contributed by atoms with Crippen molar-refractivity contribution < 1.29 is 0 Å². The van der Waals surface area contributed by atoms with Crippen LogP contribution >= 0.6 is 39.1 Å². The lowest BCUT2D eigenvalue weighted by molar-refractivity contribution is 0.882. The fourth-order valence-corrected chi connectivity index (χ4v) is 1.31. The summed E-state index contributed by atoms with van der Waals surface area (Å²) in [5, 5.41) is 0.773. The Balaban J connectivity index is 3.29. The third kappa shape index (κ3) is 1.23. The summed E-state index contributed by atoms with van der Waals surface area (Å²) in [4.78, 5) is 3.82. The van der Waals surface area contributed by atoms with E-state index in [0.29, 0.717) is 15.0 Å². The molecule has 0 saturated carbocycles. The molecule has 0 radical (unpaired) electrons. The van der Waals surface area contributed by atoms with Crippen LogP contribution in [-0.4, -0.2) is 9.55 Å². The van der Waals surface area contributed by atoms with E-state index >= 15 is 0 Å². The predicted molar refractivity (Wildman–Crippen MR) is 40.9 cm³/mol. The van der Waals surface area contributed by atoms with E-state index in [4.69, 9.17) is 23.2 Å². The van der Waals surface area contributed by atoms with Crippen molar-refractivity contribution in [2.75, 3.05) is 0 Å². The summed E-state index contributed by atoms with van der Waals surface area (Å²) in [5.41, 5.74) is 0. The molecule has 0 aliphatic carbocycles. The van der Waals surface area contributed by atoms with E-state index < -0.39 is 0 Å². The van der Waals surface area contributed by atoms with Crippen LogP contribution in [0.1, 0.15) is 0 Å². The van der Waals surface area contributed by atoms with Crippen molar-refractivity contribution >= 4 is 39.1 Å². The molecule has 0 unspecified atom stereocenters. The van der Waals surface area contributed by atoms with Gasteiger partial charge in [0.1, 0.15) is 5.15 Å². The molecule has 2 nitrogen and oxygen atoms in total. The normalized spacial score (nSPS) is 10.2. The number of hydrogen-bond acceptors (Lipinski definition) is 1. The highest BCUT2D eigenvalue weighted by Gasteiger charge is 2.06. The minimum atomic E-state index is 0.325. The van der Waals surface area contributed by atoms with Crippen LogP contribution in [0.15, 0.2) is 4.73 Å². The van der Waals surface area contributed by atoms with Crippen molar-refractivity contribution in [3.63, 3.8) is 0 Å². The fraction of sp³-hybridized carbons (Fsp3) is 0.250. The Morgan fingerprint density at radius 2 is 2.11 bits per heavy atom. The lowest BCUT2D eigenvalue weighted by Gasteiger charge is -1.90. The van der Waals surface area contributed by atoms with E-state index in [9.17, 15) is 0 Å². The molecule has 9 heavy (non-hydrogen) atoms. The Bertz CT molecular complexity index is 210. The van der Waals surface area contributed by atoms with E-state index in [1.54, 1.807) is 11.6 Å². The SMILES string of the molecule is Cn1c(Br)nc(Cl)c1Cl. The molecule has 0 aromatic carbocycles. The lowest BCUT2D eigenvalue weighted by atomic mass is 10.9. The Morgan fingerprint density at radius 3 is 2.22 bits per heavy atom. The molecule has 0 aliphatic rings. The average Bonchev–Trinajstić information content (AvgIpc) is 1.98. The molecule has 0 amide bonds. The van der Waals surface area contributed by atoms with Gasteiger partial charge in [-0.25, -0.2) is 4.98 Å². The first-order chi connectivity index (χ1) is 4.13. The van der Waals surface area contributed by atoms with Gasteiger partial charge in [-0.05, 0) is 15.9 Å². The molecule has 0 fully saturated rings. The molecule has 0 atom stereocenters. The standard InChI is InChI=1S/C4H3BrCl2N2/c1-9-3(7)2(6)8-4(9)5/h1H3. The quantitative estimate of drug-likeness (QED) is 0.669. The third-order valence-electron chi connectivity index (χ3n) is 0.932. The van der Waals surface area contributed by atoms with Gasteiger partial charge >= 0.3 is 0 Å². The molecular weight excluding hydrogens is 227 g/mol. The maximum Gasteiger partial charge on any atom is 0.179 e. The van der Waals surface area contributed by atoms with Crippen LogP contribution in [-0.2, 0) is 7.05 Å². The summed E-state index contributed by atoms with van der Waals surface area (Å²) in [5.74, 6) is 0. The molecular formula is C4H3BrCl2N2. The van der Waals surface area contributed by atoms with Gasteiger partial charge in [-0.15, -0.1) is 0 Å². The smallest absolute Gasteiger partial charge is 0.179 e. The van der Waals surface area contributed by atoms with E-state index in [1.165, 1.54) is 0 Å². The molecule has 1 aromatic heterocycles. The van der Waals surface area contributed by atoms with Gasteiger partial charge in [0.15, 0.2) is 9.89 Å². The zero-order valence-electron chi connectivity index (χ0n) is 4.53. The van der Waals surface area contributed by atoms with Gasteiger partial charge in [-0.2, -0.15) is 0 Å². The van der Waals surface area contributed by atoms with Crippen LogP contribution in [0.25, 0.3) is 0 Å². The predicted octanol–water partition coefficient (Wildman–Crippen LogP) is 2.49. The highest BCUT2D eigenvalue weighted by atomic mass is 79.9. The van der Waals surface area contributed by atoms with Crippen LogP contribution in [0.4, 0.5) is 0 Å². The Hall–Kier alpha value is 0.270. The van der Waals surface area contributed by atoms with Crippen LogP contribution in [0.2, 0.25) is 10.3 Å². The number of halogens is 3. The highest BCUT2D eigenvalue weighted by molar-refractivity contribution is 9.10. The monoisotopic (exact) mass is 228 g/mol. The summed E-state index contributed by atoms with van der Waals surface area (Å²) in [7, 11) is 1.77. The van der Waals surface area contributed by atoms with Gasteiger partial charge in [0.25, 0.3) is 0 Å². The third-order valence-corrected chi connectivity index (χ3v) is 2.43. The minimum Gasteiger partial charge on any atom is -0.311 e. The summed E-state index contributed by atoms with van der Waals surface area (Å²) in [6.07, 6.45) is 0. The molecule has 1 rings (SSSR count). The molecule has 0 saturated heterocycles. The molecule has 0 spiro atoms. The minimum absolute atomic E-state index is 0.325. The maximum atomic E-state index is 5.64. The first-order valence-corrected chi connectivity index (χ1v) is 3.71. The second-order valence-electron chi connectivity index (χ2n) is 1.52. The van der Waals surface area contributed by atoms with Gasteiger partial charge in [-0.1, -0.05) is 23.2 Å². The molecule has 5 heteroatoms. The van der Waals surface area contributed by atoms with E-state index in [0.717, 1.165) is 0 Å². The topological polar surface area (TPSA) is 17.8 Å². The van der Waals surface area contributed by atoms with Crippen LogP contribution < -0.4 is 0 Å². The summed E-state index contributed by atoms with van der Waals surface area (Å²) in [6.45, 7) is 0. The van der Waals surface area contributed by atoms with Gasteiger partial charge < -0.3 is 4.57 Å². The number of rotatable bonds is 0. The van der Waals surface area contributed by atoms with Gasteiger partial charge in [0, 0.05) is 7.05 Å². The number of imidazole rings is 1. The van der Waals surface area contributed by atoms with Crippen molar-refractivity contribution in [2.24, 2.45) is 7.05 Å². The second-order valence-corrected chi connectivity index (χ2v) is 2.95. The van der Waals surface area contributed by atoms with Crippen molar-refractivity contribution in [2.45, 2.75) is 0 Å². The first-order valence-electron chi connectivity index (χ1n) is 2.16. The van der Waals surface area contributed by atoms with Gasteiger partial charge in [-0.3, -0.25) is 0 Å². The van der Waals surface area contributed by atoms with Crippen molar-refractivity contribution in [1.29, 1.82) is 0 Å². The molecule has 1 aromatic rings. The van der Waals surface area contributed by atoms with Crippen LogP contribution in [0, 0.1) is 0 Å². The molecule has 0 N–H and O–H groups in total. The molecule has 0 bridgehead atoms. The lowest BCUT2D eigenvalue weighted by Crippen LogP contribution is -1.85. The van der Waals surface area contributed by atoms with E-state index in [1.807, 2.05) is 0 Å². The Kier molecular flexibility index (Phi) is 2.03. The fourth-order valence-electron chi connectivity index (χ4n) is 0.422. The average molecular weight is 230 g/mol. The van der Waals surface area contributed by atoms with Crippen molar-refractivity contribution in [1.82, 2.24) is 9.55 Å². The van der Waals surface area contributed by atoms with Crippen molar-refractivity contribution in [3.8, 4) is 0 Å². The first kappa shape index (κ1) is 7.38. The zero-order chi connectivity index (χ0) is 7.02. The summed E-state index contributed by atoms with van der Waals surface area (Å²) >= 11 is 14.3. The van der Waals surface area contributed by atoms with E-state index in [2.05, 4.69) is 20.9 Å².